The molecular formula is C20H25N5OS. The normalized spacial score (nSPS) is 12.3. The summed E-state index contributed by atoms with van der Waals surface area (Å²) in [5.74, 6) is 0.324. The second-order valence-electron chi connectivity index (χ2n) is 6.97. The van der Waals surface area contributed by atoms with Crippen molar-refractivity contribution in [2.24, 2.45) is 11.7 Å². The lowest BCUT2D eigenvalue weighted by Crippen LogP contribution is -2.34. The Morgan fingerprint density at radius 2 is 2.04 bits per heavy atom. The Labute approximate surface area is 163 Å². The molecule has 0 aliphatic rings. The van der Waals surface area contributed by atoms with Gasteiger partial charge in [0, 0.05) is 36.8 Å². The standard InChI is InChI=1S/C20H25N5OS/c1-14(2)17(21)9-10-24(3)20(26)18-13-27-19(23-18)15-11-22-25(12-15)16-7-5-4-6-8-16/h4-8,11-14,17H,9-10,21H2,1-3H3. The summed E-state index contributed by atoms with van der Waals surface area (Å²) in [5, 5.41) is 6.98. The minimum atomic E-state index is -0.0797. The van der Waals surface area contributed by atoms with Gasteiger partial charge in [0.15, 0.2) is 0 Å². The molecule has 7 heteroatoms. The van der Waals surface area contributed by atoms with E-state index in [1.807, 2.05) is 36.5 Å². The fraction of sp³-hybridized carbons (Fsp3) is 0.350. The number of hydrogen-bond acceptors (Lipinski definition) is 5. The first-order chi connectivity index (χ1) is 13.0. The second-order valence-corrected chi connectivity index (χ2v) is 7.83. The number of carbonyl (C=O) groups excluding carboxylic acids is 1. The van der Waals surface area contributed by atoms with E-state index >= 15 is 0 Å². The van der Waals surface area contributed by atoms with Gasteiger partial charge in [0.25, 0.3) is 5.91 Å². The topological polar surface area (TPSA) is 77.0 Å². The fourth-order valence-electron chi connectivity index (χ4n) is 2.63. The number of rotatable bonds is 7. The van der Waals surface area contributed by atoms with E-state index in [-0.39, 0.29) is 11.9 Å². The van der Waals surface area contributed by atoms with Gasteiger partial charge in [-0.15, -0.1) is 11.3 Å². The first kappa shape index (κ1) is 19.3. The van der Waals surface area contributed by atoms with Crippen LogP contribution >= 0.6 is 11.3 Å². The SMILES string of the molecule is CC(C)C(N)CCN(C)C(=O)c1csc(-c2cnn(-c3ccccc3)c2)n1. The molecule has 1 aromatic carbocycles. The van der Waals surface area contributed by atoms with Gasteiger partial charge in [0.05, 0.1) is 11.9 Å². The van der Waals surface area contributed by atoms with Crippen LogP contribution in [0.15, 0.2) is 48.1 Å². The fourth-order valence-corrected chi connectivity index (χ4v) is 3.40. The van der Waals surface area contributed by atoms with Crippen LogP contribution in [0.2, 0.25) is 0 Å². The number of para-hydroxylation sites is 1. The monoisotopic (exact) mass is 383 g/mol. The Hall–Kier alpha value is -2.51. The molecule has 0 saturated heterocycles. The predicted octanol–water partition coefficient (Wildman–Crippen LogP) is 3.44. The zero-order valence-corrected chi connectivity index (χ0v) is 16.7. The van der Waals surface area contributed by atoms with Gasteiger partial charge in [-0.1, -0.05) is 32.0 Å². The van der Waals surface area contributed by atoms with Crippen molar-refractivity contribution < 1.29 is 4.79 Å². The van der Waals surface area contributed by atoms with Gasteiger partial charge in [0.2, 0.25) is 0 Å². The molecule has 2 heterocycles. The summed E-state index contributed by atoms with van der Waals surface area (Å²) in [6.45, 7) is 4.81. The average molecular weight is 384 g/mol. The van der Waals surface area contributed by atoms with E-state index in [9.17, 15) is 4.79 Å². The third-order valence-corrected chi connectivity index (χ3v) is 5.47. The van der Waals surface area contributed by atoms with Crippen LogP contribution < -0.4 is 5.73 Å². The number of benzene rings is 1. The molecule has 0 saturated carbocycles. The van der Waals surface area contributed by atoms with Gasteiger partial charge >= 0.3 is 0 Å². The summed E-state index contributed by atoms with van der Waals surface area (Å²) in [7, 11) is 1.79. The van der Waals surface area contributed by atoms with E-state index in [0.717, 1.165) is 22.7 Å². The van der Waals surface area contributed by atoms with E-state index in [1.54, 1.807) is 28.2 Å². The van der Waals surface area contributed by atoms with Crippen molar-refractivity contribution in [3.63, 3.8) is 0 Å². The molecular weight excluding hydrogens is 358 g/mol. The maximum atomic E-state index is 12.6. The number of nitrogens with two attached hydrogens (primary N) is 1. The maximum absolute atomic E-state index is 12.6. The zero-order valence-electron chi connectivity index (χ0n) is 15.9. The first-order valence-corrected chi connectivity index (χ1v) is 9.90. The van der Waals surface area contributed by atoms with Crippen LogP contribution in [-0.2, 0) is 0 Å². The summed E-state index contributed by atoms with van der Waals surface area (Å²) in [5.41, 5.74) is 8.41. The highest BCUT2D eigenvalue weighted by atomic mass is 32.1. The molecule has 27 heavy (non-hydrogen) atoms. The molecule has 0 fully saturated rings. The molecule has 2 N–H and O–H groups in total. The van der Waals surface area contributed by atoms with Gasteiger partial charge in [0.1, 0.15) is 10.7 Å². The summed E-state index contributed by atoms with van der Waals surface area (Å²) >= 11 is 1.45. The Morgan fingerprint density at radius 1 is 1.30 bits per heavy atom. The van der Waals surface area contributed by atoms with Gasteiger partial charge in [-0.2, -0.15) is 5.10 Å². The third-order valence-electron chi connectivity index (χ3n) is 4.57. The van der Waals surface area contributed by atoms with Crippen molar-refractivity contribution in [3.05, 3.63) is 53.8 Å². The molecule has 142 valence electrons. The van der Waals surface area contributed by atoms with E-state index in [0.29, 0.717) is 18.2 Å². The molecule has 6 nitrogen and oxygen atoms in total. The van der Waals surface area contributed by atoms with Crippen molar-refractivity contribution in [2.45, 2.75) is 26.3 Å². The Balaban J connectivity index is 1.68. The lowest BCUT2D eigenvalue weighted by molar-refractivity contribution is 0.0784. The first-order valence-electron chi connectivity index (χ1n) is 9.02. The molecule has 1 amide bonds. The van der Waals surface area contributed by atoms with E-state index in [2.05, 4.69) is 23.9 Å². The largest absolute Gasteiger partial charge is 0.340 e. The van der Waals surface area contributed by atoms with Gasteiger partial charge in [-0.05, 0) is 24.5 Å². The van der Waals surface area contributed by atoms with Crippen LogP contribution in [0.1, 0.15) is 30.8 Å². The Kier molecular flexibility index (Phi) is 6.03. The van der Waals surface area contributed by atoms with E-state index in [1.165, 1.54) is 11.3 Å². The van der Waals surface area contributed by atoms with Crippen LogP contribution in [0.3, 0.4) is 0 Å². The number of amides is 1. The molecule has 0 radical (unpaired) electrons. The van der Waals surface area contributed by atoms with Gasteiger partial charge in [-0.3, -0.25) is 4.79 Å². The summed E-state index contributed by atoms with van der Waals surface area (Å²) in [6, 6.07) is 9.98. The zero-order chi connectivity index (χ0) is 19.4. The molecule has 0 aliphatic heterocycles. The molecule has 0 spiro atoms. The van der Waals surface area contributed by atoms with Gasteiger partial charge in [-0.25, -0.2) is 9.67 Å². The molecule has 2 aromatic heterocycles. The predicted molar refractivity (Wildman–Crippen MR) is 109 cm³/mol. The quantitative estimate of drug-likeness (QED) is 0.678. The van der Waals surface area contributed by atoms with Crippen molar-refractivity contribution >= 4 is 17.2 Å². The van der Waals surface area contributed by atoms with Crippen molar-refractivity contribution in [2.75, 3.05) is 13.6 Å². The second kappa shape index (κ2) is 8.45. The minimum Gasteiger partial charge on any atom is -0.340 e. The van der Waals surface area contributed by atoms with Gasteiger partial charge < -0.3 is 10.6 Å². The molecule has 0 bridgehead atoms. The highest BCUT2D eigenvalue weighted by Crippen LogP contribution is 2.24. The lowest BCUT2D eigenvalue weighted by Gasteiger charge is -2.20. The number of aromatic nitrogens is 3. The lowest BCUT2D eigenvalue weighted by atomic mass is 10.0. The highest BCUT2D eigenvalue weighted by Gasteiger charge is 2.18. The minimum absolute atomic E-state index is 0.0797. The average Bonchev–Trinajstić information content (AvgIpc) is 3.35. The van der Waals surface area contributed by atoms with E-state index in [4.69, 9.17) is 5.73 Å². The van der Waals surface area contributed by atoms with Crippen molar-refractivity contribution in [1.82, 2.24) is 19.7 Å². The molecule has 0 aliphatic carbocycles. The molecule has 3 aromatic rings. The summed E-state index contributed by atoms with van der Waals surface area (Å²) in [6.07, 6.45) is 4.47. The Bertz CT molecular complexity index is 887. The van der Waals surface area contributed by atoms with Crippen molar-refractivity contribution in [1.29, 1.82) is 0 Å². The van der Waals surface area contributed by atoms with Crippen LogP contribution in [0.25, 0.3) is 16.3 Å². The van der Waals surface area contributed by atoms with Crippen LogP contribution in [0.5, 0.6) is 0 Å². The van der Waals surface area contributed by atoms with Crippen LogP contribution in [0, 0.1) is 5.92 Å². The Morgan fingerprint density at radius 3 is 2.74 bits per heavy atom. The number of nitrogens with zero attached hydrogens (tertiary/aromatic N) is 4. The van der Waals surface area contributed by atoms with Crippen molar-refractivity contribution in [3.8, 4) is 16.3 Å². The maximum Gasteiger partial charge on any atom is 0.273 e. The molecule has 3 rings (SSSR count). The van der Waals surface area contributed by atoms with E-state index < -0.39 is 0 Å². The molecule has 1 atom stereocenters. The number of carbonyl (C=O) groups is 1. The highest BCUT2D eigenvalue weighted by molar-refractivity contribution is 7.13. The van der Waals surface area contributed by atoms with Crippen LogP contribution in [-0.4, -0.2) is 45.2 Å². The smallest absolute Gasteiger partial charge is 0.273 e. The number of thiazole rings is 1. The summed E-state index contributed by atoms with van der Waals surface area (Å²) < 4.78 is 1.80. The summed E-state index contributed by atoms with van der Waals surface area (Å²) in [4.78, 5) is 18.8. The molecule has 1 unspecified atom stereocenters. The third kappa shape index (κ3) is 4.61. The van der Waals surface area contributed by atoms with Crippen LogP contribution in [0.4, 0.5) is 0 Å². The number of hydrogen-bond donors (Lipinski definition) is 1.